The van der Waals surface area contributed by atoms with Crippen molar-refractivity contribution >= 4 is 23.2 Å². The van der Waals surface area contributed by atoms with Gasteiger partial charge in [0.05, 0.1) is 37.1 Å². The van der Waals surface area contributed by atoms with Crippen LogP contribution >= 0.6 is 11.6 Å². The summed E-state index contributed by atoms with van der Waals surface area (Å²) in [5.41, 5.74) is 3.14. The fourth-order valence-electron chi connectivity index (χ4n) is 3.61. The Morgan fingerprint density at radius 2 is 1.77 bits per heavy atom. The van der Waals surface area contributed by atoms with Crippen molar-refractivity contribution in [2.45, 2.75) is 33.1 Å². The molecule has 0 atom stereocenters. The summed E-state index contributed by atoms with van der Waals surface area (Å²) in [6.07, 6.45) is 3.90. The first-order valence-corrected chi connectivity index (χ1v) is 10.6. The fourth-order valence-corrected chi connectivity index (χ4v) is 3.77. The van der Waals surface area contributed by atoms with E-state index in [1.807, 2.05) is 33.6 Å². The van der Waals surface area contributed by atoms with E-state index in [0.717, 1.165) is 48.5 Å². The molecule has 1 aromatic carbocycles. The van der Waals surface area contributed by atoms with Crippen molar-refractivity contribution in [1.29, 1.82) is 0 Å². The SMILES string of the molecule is CCCN(CCC)C(=O)Cc1c(-c2ccc(OC)c(OC)c2)nc2ccc(Cl)cn12. The number of carbonyl (C=O) groups excluding carboxylic acids is 1. The molecule has 6 nitrogen and oxygen atoms in total. The van der Waals surface area contributed by atoms with Crippen LogP contribution in [0.15, 0.2) is 36.5 Å². The number of rotatable bonds is 9. The number of hydrogen-bond donors (Lipinski definition) is 0. The predicted molar refractivity (Wildman–Crippen MR) is 120 cm³/mol. The van der Waals surface area contributed by atoms with Gasteiger partial charge in [-0.3, -0.25) is 4.79 Å². The number of carbonyl (C=O) groups is 1. The molecule has 30 heavy (non-hydrogen) atoms. The number of benzene rings is 1. The van der Waals surface area contributed by atoms with E-state index in [-0.39, 0.29) is 12.3 Å². The molecule has 2 heterocycles. The summed E-state index contributed by atoms with van der Waals surface area (Å²) in [6, 6.07) is 9.31. The Morgan fingerprint density at radius 3 is 2.40 bits per heavy atom. The lowest BCUT2D eigenvalue weighted by Gasteiger charge is -2.21. The summed E-state index contributed by atoms with van der Waals surface area (Å²) in [5, 5.41) is 0.589. The number of amides is 1. The average molecular weight is 430 g/mol. The number of ether oxygens (including phenoxy) is 2. The predicted octanol–water partition coefficient (Wildman–Crippen LogP) is 4.86. The standard InChI is InChI=1S/C23H28ClN3O3/c1-5-11-26(12-6-2)22(28)14-18-23(25-21-10-8-17(24)15-27(18)21)16-7-9-19(29-3)20(13-16)30-4/h7-10,13,15H,5-6,11-12,14H2,1-4H3. The molecule has 0 bridgehead atoms. The lowest BCUT2D eigenvalue weighted by Crippen LogP contribution is -2.34. The van der Waals surface area contributed by atoms with Gasteiger partial charge in [-0.05, 0) is 43.2 Å². The Morgan fingerprint density at radius 1 is 1.07 bits per heavy atom. The van der Waals surface area contributed by atoms with Gasteiger partial charge in [-0.2, -0.15) is 0 Å². The molecule has 0 aliphatic carbocycles. The van der Waals surface area contributed by atoms with E-state index >= 15 is 0 Å². The summed E-state index contributed by atoms with van der Waals surface area (Å²) in [5.74, 6) is 1.34. The largest absolute Gasteiger partial charge is 0.493 e. The second kappa shape index (κ2) is 9.85. The molecular weight excluding hydrogens is 402 g/mol. The third-order valence-corrected chi connectivity index (χ3v) is 5.22. The zero-order valence-electron chi connectivity index (χ0n) is 17.9. The molecule has 0 aliphatic heterocycles. The zero-order chi connectivity index (χ0) is 21.7. The molecule has 3 rings (SSSR count). The smallest absolute Gasteiger partial charge is 0.228 e. The number of aromatic nitrogens is 2. The minimum absolute atomic E-state index is 0.0854. The summed E-state index contributed by atoms with van der Waals surface area (Å²) in [6.45, 7) is 5.66. The lowest BCUT2D eigenvalue weighted by atomic mass is 10.1. The lowest BCUT2D eigenvalue weighted by molar-refractivity contribution is -0.130. The molecule has 0 saturated heterocycles. The van der Waals surface area contributed by atoms with Gasteiger partial charge in [0, 0.05) is 24.8 Å². The highest BCUT2D eigenvalue weighted by atomic mass is 35.5. The maximum absolute atomic E-state index is 13.1. The van der Waals surface area contributed by atoms with Crippen molar-refractivity contribution in [2.24, 2.45) is 0 Å². The van der Waals surface area contributed by atoms with Gasteiger partial charge >= 0.3 is 0 Å². The van der Waals surface area contributed by atoms with Crippen LogP contribution in [-0.4, -0.2) is 47.5 Å². The van der Waals surface area contributed by atoms with Gasteiger partial charge in [0.2, 0.25) is 5.91 Å². The molecular formula is C23H28ClN3O3. The normalized spacial score (nSPS) is 11.0. The van der Waals surface area contributed by atoms with Crippen molar-refractivity contribution in [3.8, 4) is 22.8 Å². The third kappa shape index (κ3) is 4.54. The van der Waals surface area contributed by atoms with Crippen LogP contribution in [0.4, 0.5) is 0 Å². The van der Waals surface area contributed by atoms with Gasteiger partial charge in [-0.15, -0.1) is 0 Å². The summed E-state index contributed by atoms with van der Waals surface area (Å²) >= 11 is 6.25. The summed E-state index contributed by atoms with van der Waals surface area (Å²) in [7, 11) is 3.20. The highest BCUT2D eigenvalue weighted by Crippen LogP contribution is 2.34. The zero-order valence-corrected chi connectivity index (χ0v) is 18.7. The first kappa shape index (κ1) is 22.0. The first-order chi connectivity index (χ1) is 14.5. The second-order valence-electron chi connectivity index (χ2n) is 7.11. The Balaban J connectivity index is 2.10. The van der Waals surface area contributed by atoms with Gasteiger partial charge in [0.15, 0.2) is 11.5 Å². The third-order valence-electron chi connectivity index (χ3n) is 5.00. The van der Waals surface area contributed by atoms with Crippen LogP contribution in [0.25, 0.3) is 16.9 Å². The number of methoxy groups -OCH3 is 2. The molecule has 0 unspecified atom stereocenters. The Kier molecular flexibility index (Phi) is 7.21. The van der Waals surface area contributed by atoms with E-state index in [0.29, 0.717) is 16.5 Å². The van der Waals surface area contributed by atoms with E-state index in [4.69, 9.17) is 26.1 Å². The van der Waals surface area contributed by atoms with Crippen LogP contribution in [0.1, 0.15) is 32.4 Å². The topological polar surface area (TPSA) is 56.1 Å². The molecule has 0 fully saturated rings. The first-order valence-electron chi connectivity index (χ1n) is 10.2. The molecule has 0 aliphatic rings. The van der Waals surface area contributed by atoms with E-state index in [2.05, 4.69) is 13.8 Å². The molecule has 7 heteroatoms. The fraction of sp³-hybridized carbons (Fsp3) is 0.391. The van der Waals surface area contributed by atoms with Gasteiger partial charge < -0.3 is 18.8 Å². The van der Waals surface area contributed by atoms with E-state index in [1.165, 1.54) is 0 Å². The molecule has 0 radical (unpaired) electrons. The minimum atomic E-state index is 0.0854. The monoisotopic (exact) mass is 429 g/mol. The van der Waals surface area contributed by atoms with Crippen LogP contribution in [-0.2, 0) is 11.2 Å². The van der Waals surface area contributed by atoms with E-state index in [1.54, 1.807) is 26.5 Å². The van der Waals surface area contributed by atoms with Crippen LogP contribution in [0, 0.1) is 0 Å². The van der Waals surface area contributed by atoms with E-state index in [9.17, 15) is 4.79 Å². The van der Waals surface area contributed by atoms with Crippen LogP contribution in [0.3, 0.4) is 0 Å². The Bertz CT molecular complexity index is 1030. The second-order valence-corrected chi connectivity index (χ2v) is 7.55. The van der Waals surface area contributed by atoms with Crippen molar-refractivity contribution in [2.75, 3.05) is 27.3 Å². The average Bonchev–Trinajstić information content (AvgIpc) is 3.10. The highest BCUT2D eigenvalue weighted by molar-refractivity contribution is 6.30. The molecule has 1 amide bonds. The van der Waals surface area contributed by atoms with Crippen molar-refractivity contribution in [3.63, 3.8) is 0 Å². The maximum atomic E-state index is 13.1. The van der Waals surface area contributed by atoms with Crippen molar-refractivity contribution in [1.82, 2.24) is 14.3 Å². The molecule has 0 saturated carbocycles. The molecule has 160 valence electrons. The quantitative estimate of drug-likeness (QED) is 0.487. The Labute approximate surface area is 182 Å². The van der Waals surface area contributed by atoms with Crippen LogP contribution in [0.5, 0.6) is 11.5 Å². The Hall–Kier alpha value is -2.73. The highest BCUT2D eigenvalue weighted by Gasteiger charge is 2.21. The molecule has 0 spiro atoms. The number of nitrogens with zero attached hydrogens (tertiary/aromatic N) is 3. The van der Waals surface area contributed by atoms with Gasteiger partial charge in [0.25, 0.3) is 0 Å². The van der Waals surface area contributed by atoms with E-state index < -0.39 is 0 Å². The number of fused-ring (bicyclic) bond motifs is 1. The number of hydrogen-bond acceptors (Lipinski definition) is 4. The number of halogens is 1. The van der Waals surface area contributed by atoms with Crippen molar-refractivity contribution < 1.29 is 14.3 Å². The molecule has 2 aromatic heterocycles. The van der Waals surface area contributed by atoms with Crippen molar-refractivity contribution in [3.05, 3.63) is 47.2 Å². The summed E-state index contributed by atoms with van der Waals surface area (Å²) in [4.78, 5) is 19.8. The van der Waals surface area contributed by atoms with Crippen LogP contribution < -0.4 is 9.47 Å². The van der Waals surface area contributed by atoms with Crippen LogP contribution in [0.2, 0.25) is 5.02 Å². The molecule has 3 aromatic rings. The van der Waals surface area contributed by atoms with Gasteiger partial charge in [-0.25, -0.2) is 4.98 Å². The minimum Gasteiger partial charge on any atom is -0.493 e. The number of pyridine rings is 1. The maximum Gasteiger partial charge on any atom is 0.228 e. The number of imidazole rings is 1. The van der Waals surface area contributed by atoms with Gasteiger partial charge in [-0.1, -0.05) is 25.4 Å². The molecule has 0 N–H and O–H groups in total. The summed E-state index contributed by atoms with van der Waals surface area (Å²) < 4.78 is 12.7. The van der Waals surface area contributed by atoms with Gasteiger partial charge in [0.1, 0.15) is 5.65 Å².